The number of thiophene rings is 1. The average Bonchev–Trinajstić information content (AvgIpc) is 2.88. The van der Waals surface area contributed by atoms with Crippen LogP contribution in [0.1, 0.15) is 22.8 Å². The van der Waals surface area contributed by atoms with E-state index in [1.165, 1.54) is 6.07 Å². The summed E-state index contributed by atoms with van der Waals surface area (Å²) in [5.41, 5.74) is 2.86. The molecule has 0 radical (unpaired) electrons. The zero-order valence-corrected chi connectivity index (χ0v) is 11.1. The van der Waals surface area contributed by atoms with Crippen molar-refractivity contribution in [3.63, 3.8) is 0 Å². The Labute approximate surface area is 114 Å². The Morgan fingerprint density at radius 2 is 2.05 bits per heavy atom. The highest BCUT2D eigenvalue weighted by Gasteiger charge is 2.13. The summed E-state index contributed by atoms with van der Waals surface area (Å²) < 4.78 is 14.3. The topological polar surface area (TPSA) is 33.1 Å². The van der Waals surface area contributed by atoms with Crippen LogP contribution < -0.4 is 0 Å². The molecule has 0 saturated heterocycles. The molecule has 0 aliphatic heterocycles. The highest BCUT2D eigenvalue weighted by Crippen LogP contribution is 2.27. The highest BCUT2D eigenvalue weighted by atomic mass is 32.1. The molecule has 3 aromatic rings. The van der Waals surface area contributed by atoms with Crippen LogP contribution in [0.5, 0.6) is 0 Å². The fourth-order valence-corrected chi connectivity index (χ4v) is 2.83. The summed E-state index contributed by atoms with van der Waals surface area (Å²) in [5, 5.41) is 12.3. The molecule has 1 unspecified atom stereocenters. The van der Waals surface area contributed by atoms with Gasteiger partial charge < -0.3 is 5.11 Å². The summed E-state index contributed by atoms with van der Waals surface area (Å²) in [6, 6.07) is 8.52. The third-order valence-corrected chi connectivity index (χ3v) is 3.99. The number of pyridine rings is 1. The number of aromatic nitrogens is 1. The van der Waals surface area contributed by atoms with Gasteiger partial charge in [-0.25, -0.2) is 4.39 Å². The molecule has 2 aromatic heterocycles. The van der Waals surface area contributed by atoms with Crippen molar-refractivity contribution in [2.24, 2.45) is 0 Å². The summed E-state index contributed by atoms with van der Waals surface area (Å²) in [6.45, 7) is 1.69. The van der Waals surface area contributed by atoms with E-state index in [1.54, 1.807) is 36.6 Å². The number of benzene rings is 1. The smallest absolute Gasteiger partial charge is 0.126 e. The quantitative estimate of drug-likeness (QED) is 0.770. The maximum absolute atomic E-state index is 13.2. The van der Waals surface area contributed by atoms with Gasteiger partial charge in [0.1, 0.15) is 11.9 Å². The van der Waals surface area contributed by atoms with Crippen molar-refractivity contribution in [3.8, 4) is 0 Å². The van der Waals surface area contributed by atoms with Crippen molar-refractivity contribution >= 4 is 21.6 Å². The summed E-state index contributed by atoms with van der Waals surface area (Å²) in [4.78, 5) is 4.30. The normalized spacial score (nSPS) is 12.8. The van der Waals surface area contributed by atoms with E-state index in [2.05, 4.69) is 4.98 Å². The Hall–Kier alpha value is -1.78. The van der Waals surface area contributed by atoms with Gasteiger partial charge in [-0.3, -0.25) is 4.98 Å². The Morgan fingerprint density at radius 3 is 2.84 bits per heavy atom. The van der Waals surface area contributed by atoms with Gasteiger partial charge >= 0.3 is 0 Å². The molecule has 2 nitrogen and oxygen atoms in total. The molecule has 0 aliphatic carbocycles. The van der Waals surface area contributed by atoms with Crippen LogP contribution >= 0.6 is 11.3 Å². The molecule has 96 valence electrons. The number of fused-ring (bicyclic) bond motifs is 1. The van der Waals surface area contributed by atoms with Crippen molar-refractivity contribution in [2.45, 2.75) is 13.0 Å². The lowest BCUT2D eigenvalue weighted by Crippen LogP contribution is -2.01. The molecule has 2 heterocycles. The fraction of sp³-hybridized carbons (Fsp3) is 0.133. The highest BCUT2D eigenvalue weighted by molar-refractivity contribution is 7.17. The molecule has 1 N–H and O–H groups in total. The lowest BCUT2D eigenvalue weighted by atomic mass is 10.0. The van der Waals surface area contributed by atoms with E-state index >= 15 is 0 Å². The van der Waals surface area contributed by atoms with Crippen LogP contribution in [0, 0.1) is 12.7 Å². The molecule has 0 amide bonds. The number of halogens is 1. The van der Waals surface area contributed by atoms with Crippen molar-refractivity contribution in [2.75, 3.05) is 0 Å². The van der Waals surface area contributed by atoms with E-state index in [0.717, 1.165) is 15.8 Å². The minimum Gasteiger partial charge on any atom is -0.384 e. The number of rotatable bonds is 2. The summed E-state index contributed by atoms with van der Waals surface area (Å²) in [6.07, 6.45) is 0.886. The van der Waals surface area contributed by atoms with Crippen LogP contribution in [0.3, 0.4) is 0 Å². The molecule has 19 heavy (non-hydrogen) atoms. The van der Waals surface area contributed by atoms with Gasteiger partial charge in [0.05, 0.1) is 10.2 Å². The van der Waals surface area contributed by atoms with Crippen molar-refractivity contribution in [1.29, 1.82) is 0 Å². The molecule has 0 saturated carbocycles. The molecular formula is C15H12FNOS. The third-order valence-electron chi connectivity index (χ3n) is 3.14. The Morgan fingerprint density at radius 1 is 1.21 bits per heavy atom. The molecule has 0 spiro atoms. The van der Waals surface area contributed by atoms with E-state index in [0.29, 0.717) is 11.1 Å². The second-order valence-electron chi connectivity index (χ2n) is 4.48. The fourth-order valence-electron chi connectivity index (χ4n) is 2.04. The molecule has 0 fully saturated rings. The first-order valence-electron chi connectivity index (χ1n) is 5.92. The number of aliphatic hydroxyl groups excluding tert-OH is 1. The Balaban J connectivity index is 2.01. The van der Waals surface area contributed by atoms with Crippen LogP contribution in [0.25, 0.3) is 10.2 Å². The number of nitrogens with zero attached hydrogens (tertiary/aromatic N) is 1. The predicted molar refractivity (Wildman–Crippen MR) is 74.8 cm³/mol. The van der Waals surface area contributed by atoms with Gasteiger partial charge in [0.15, 0.2) is 0 Å². The lowest BCUT2D eigenvalue weighted by molar-refractivity contribution is 0.220. The van der Waals surface area contributed by atoms with Gasteiger partial charge in [-0.1, -0.05) is 12.1 Å². The van der Waals surface area contributed by atoms with Gasteiger partial charge in [0, 0.05) is 11.8 Å². The first-order chi connectivity index (χ1) is 9.15. The van der Waals surface area contributed by atoms with Crippen molar-refractivity contribution in [1.82, 2.24) is 4.98 Å². The summed E-state index contributed by atoms with van der Waals surface area (Å²) in [5.74, 6) is -0.261. The SMILES string of the molecule is Cc1cc(C(O)c2cnc3ccsc3c2)ccc1F. The number of hydrogen-bond donors (Lipinski definition) is 1. The summed E-state index contributed by atoms with van der Waals surface area (Å²) in [7, 11) is 0. The van der Waals surface area contributed by atoms with Crippen LogP contribution in [-0.4, -0.2) is 10.1 Å². The zero-order chi connectivity index (χ0) is 13.4. The van der Waals surface area contributed by atoms with Crippen LogP contribution in [0.15, 0.2) is 41.9 Å². The molecule has 1 atom stereocenters. The van der Waals surface area contributed by atoms with Gasteiger partial charge in [0.25, 0.3) is 0 Å². The lowest BCUT2D eigenvalue weighted by Gasteiger charge is -2.12. The Bertz CT molecular complexity index is 738. The van der Waals surface area contributed by atoms with Crippen molar-refractivity contribution < 1.29 is 9.50 Å². The van der Waals surface area contributed by atoms with E-state index in [1.807, 2.05) is 17.5 Å². The van der Waals surface area contributed by atoms with Crippen LogP contribution in [0.2, 0.25) is 0 Å². The zero-order valence-electron chi connectivity index (χ0n) is 10.3. The molecule has 3 rings (SSSR count). The number of aliphatic hydroxyl groups is 1. The Kier molecular flexibility index (Phi) is 3.05. The van der Waals surface area contributed by atoms with Crippen LogP contribution in [0.4, 0.5) is 4.39 Å². The first-order valence-corrected chi connectivity index (χ1v) is 6.80. The van der Waals surface area contributed by atoms with E-state index < -0.39 is 6.10 Å². The van der Waals surface area contributed by atoms with Crippen LogP contribution in [-0.2, 0) is 0 Å². The minimum absolute atomic E-state index is 0.261. The summed E-state index contributed by atoms with van der Waals surface area (Å²) >= 11 is 1.59. The minimum atomic E-state index is -0.779. The second kappa shape index (κ2) is 4.72. The number of aryl methyl sites for hydroxylation is 1. The molecule has 0 bridgehead atoms. The van der Waals surface area contributed by atoms with Gasteiger partial charge in [-0.2, -0.15) is 0 Å². The van der Waals surface area contributed by atoms with E-state index in [-0.39, 0.29) is 5.82 Å². The first kappa shape index (κ1) is 12.3. The molecular weight excluding hydrogens is 261 g/mol. The third kappa shape index (κ3) is 2.25. The number of hydrogen-bond acceptors (Lipinski definition) is 3. The predicted octanol–water partition coefficient (Wildman–Crippen LogP) is 3.83. The van der Waals surface area contributed by atoms with E-state index in [9.17, 15) is 9.50 Å². The van der Waals surface area contributed by atoms with Gasteiger partial charge in [-0.15, -0.1) is 11.3 Å². The van der Waals surface area contributed by atoms with Gasteiger partial charge in [0.2, 0.25) is 0 Å². The van der Waals surface area contributed by atoms with Gasteiger partial charge in [-0.05, 0) is 41.6 Å². The van der Waals surface area contributed by atoms with E-state index in [4.69, 9.17) is 0 Å². The maximum atomic E-state index is 13.2. The molecule has 4 heteroatoms. The monoisotopic (exact) mass is 273 g/mol. The molecule has 0 aliphatic rings. The second-order valence-corrected chi connectivity index (χ2v) is 5.43. The average molecular weight is 273 g/mol. The largest absolute Gasteiger partial charge is 0.384 e. The molecule has 1 aromatic carbocycles. The van der Waals surface area contributed by atoms with Crippen molar-refractivity contribution in [3.05, 3.63) is 64.4 Å². The standard InChI is InChI=1S/C15H12FNOS/c1-9-6-10(2-3-12(9)16)15(18)11-7-14-13(17-8-11)4-5-19-14/h2-8,15,18H,1H3. The maximum Gasteiger partial charge on any atom is 0.126 e.